The van der Waals surface area contributed by atoms with Gasteiger partial charge in [-0.25, -0.2) is 4.98 Å². The normalized spacial score (nSPS) is 16.6. The molecule has 0 aromatic carbocycles. The summed E-state index contributed by atoms with van der Waals surface area (Å²) in [6, 6.07) is 6.14. The molecule has 1 aliphatic rings. The highest BCUT2D eigenvalue weighted by molar-refractivity contribution is 5.47. The molecule has 0 radical (unpaired) electrons. The van der Waals surface area contributed by atoms with Crippen LogP contribution in [-0.4, -0.2) is 60.9 Å². The van der Waals surface area contributed by atoms with E-state index >= 15 is 0 Å². The first kappa shape index (κ1) is 14.1. The molecule has 2 rings (SSSR count). The molecule has 2 N–H and O–H groups in total. The maximum atomic E-state index is 8.94. The summed E-state index contributed by atoms with van der Waals surface area (Å²) >= 11 is 0. The molecular formula is C14H24N4O. The number of aliphatic hydroxyl groups excluding tert-OH is 1. The van der Waals surface area contributed by atoms with Gasteiger partial charge in [0.25, 0.3) is 0 Å². The van der Waals surface area contributed by atoms with Crippen molar-refractivity contribution in [2.24, 2.45) is 0 Å². The number of aliphatic hydroxyl groups is 1. The quantitative estimate of drug-likeness (QED) is 0.803. The third-order valence-electron chi connectivity index (χ3n) is 3.40. The second kappa shape index (κ2) is 7.31. The van der Waals surface area contributed by atoms with Gasteiger partial charge in [-0.3, -0.25) is 4.90 Å². The predicted octanol–water partition coefficient (Wildman–Crippen LogP) is 1.02. The van der Waals surface area contributed by atoms with Gasteiger partial charge in [-0.2, -0.15) is 0 Å². The highest BCUT2D eigenvalue weighted by atomic mass is 16.3. The number of hydrogen-bond acceptors (Lipinski definition) is 5. The molecule has 0 aliphatic carbocycles. The fourth-order valence-corrected chi connectivity index (χ4v) is 2.29. The van der Waals surface area contributed by atoms with Gasteiger partial charge in [-0.15, -0.1) is 0 Å². The first-order valence-electron chi connectivity index (χ1n) is 7.12. The van der Waals surface area contributed by atoms with Gasteiger partial charge in [0, 0.05) is 39.3 Å². The third kappa shape index (κ3) is 4.08. The number of piperazine rings is 1. The Morgan fingerprint density at radius 1 is 1.26 bits per heavy atom. The van der Waals surface area contributed by atoms with Crippen LogP contribution in [0.4, 0.5) is 11.6 Å². The number of nitrogens with one attached hydrogen (secondary N) is 1. The number of nitrogens with zero attached hydrogens (tertiary/aromatic N) is 3. The lowest BCUT2D eigenvalue weighted by Gasteiger charge is -2.35. The lowest BCUT2D eigenvalue weighted by Crippen LogP contribution is -2.47. The maximum Gasteiger partial charge on any atom is 0.131 e. The molecule has 1 aromatic rings. The molecule has 106 valence electrons. The Morgan fingerprint density at radius 3 is 2.74 bits per heavy atom. The van der Waals surface area contributed by atoms with Crippen LogP contribution in [0.2, 0.25) is 0 Å². The van der Waals surface area contributed by atoms with Crippen LogP contribution < -0.4 is 10.2 Å². The van der Waals surface area contributed by atoms with Crippen molar-refractivity contribution in [1.29, 1.82) is 0 Å². The van der Waals surface area contributed by atoms with Crippen LogP contribution in [0.3, 0.4) is 0 Å². The molecule has 0 unspecified atom stereocenters. The largest absolute Gasteiger partial charge is 0.395 e. The summed E-state index contributed by atoms with van der Waals surface area (Å²) in [5.74, 6) is 2.00. The molecule has 0 amide bonds. The van der Waals surface area contributed by atoms with Crippen LogP contribution in [-0.2, 0) is 0 Å². The summed E-state index contributed by atoms with van der Waals surface area (Å²) in [6.07, 6.45) is 1.10. The van der Waals surface area contributed by atoms with Crippen molar-refractivity contribution in [2.75, 3.05) is 56.1 Å². The molecule has 19 heavy (non-hydrogen) atoms. The highest BCUT2D eigenvalue weighted by Gasteiger charge is 2.17. The molecule has 0 atom stereocenters. The SMILES string of the molecule is CCCNc1cccc(N2CCN(CCO)CC2)n1. The van der Waals surface area contributed by atoms with Gasteiger partial charge in [0.1, 0.15) is 11.6 Å². The molecule has 1 saturated heterocycles. The zero-order chi connectivity index (χ0) is 13.5. The van der Waals surface area contributed by atoms with E-state index in [-0.39, 0.29) is 6.61 Å². The Bertz CT molecular complexity index is 377. The minimum absolute atomic E-state index is 0.245. The molecule has 5 heteroatoms. The van der Waals surface area contributed by atoms with Crippen molar-refractivity contribution in [2.45, 2.75) is 13.3 Å². The van der Waals surface area contributed by atoms with Crippen LogP contribution in [0.1, 0.15) is 13.3 Å². The molecule has 5 nitrogen and oxygen atoms in total. The van der Waals surface area contributed by atoms with E-state index in [2.05, 4.69) is 39.2 Å². The van der Waals surface area contributed by atoms with E-state index in [1.807, 2.05) is 6.07 Å². The smallest absolute Gasteiger partial charge is 0.131 e. The van der Waals surface area contributed by atoms with Crippen LogP contribution in [0.25, 0.3) is 0 Å². The predicted molar refractivity (Wildman–Crippen MR) is 78.8 cm³/mol. The van der Waals surface area contributed by atoms with Gasteiger partial charge in [0.2, 0.25) is 0 Å². The zero-order valence-corrected chi connectivity index (χ0v) is 11.7. The van der Waals surface area contributed by atoms with E-state index < -0.39 is 0 Å². The standard InChI is InChI=1S/C14H24N4O/c1-2-6-15-13-4-3-5-14(16-13)18-9-7-17(8-10-18)11-12-19/h3-5,19H,2,6-12H2,1H3,(H,15,16). The molecule has 0 bridgehead atoms. The molecular weight excluding hydrogens is 240 g/mol. The first-order chi connectivity index (χ1) is 9.33. The van der Waals surface area contributed by atoms with Gasteiger partial charge in [-0.05, 0) is 18.6 Å². The Kier molecular flexibility index (Phi) is 5.42. The number of anilines is 2. The lowest BCUT2D eigenvalue weighted by molar-refractivity contribution is 0.188. The summed E-state index contributed by atoms with van der Waals surface area (Å²) in [4.78, 5) is 9.25. The van der Waals surface area contributed by atoms with E-state index in [1.165, 1.54) is 0 Å². The van der Waals surface area contributed by atoms with Crippen LogP contribution in [0.15, 0.2) is 18.2 Å². The lowest BCUT2D eigenvalue weighted by atomic mass is 10.3. The monoisotopic (exact) mass is 264 g/mol. The van der Waals surface area contributed by atoms with Gasteiger partial charge >= 0.3 is 0 Å². The van der Waals surface area contributed by atoms with Crippen molar-refractivity contribution in [3.63, 3.8) is 0 Å². The topological polar surface area (TPSA) is 51.6 Å². The Morgan fingerprint density at radius 2 is 2.05 bits per heavy atom. The van der Waals surface area contributed by atoms with E-state index in [4.69, 9.17) is 5.11 Å². The number of rotatable bonds is 6. The zero-order valence-electron chi connectivity index (χ0n) is 11.7. The first-order valence-corrected chi connectivity index (χ1v) is 7.12. The van der Waals surface area contributed by atoms with Crippen molar-refractivity contribution >= 4 is 11.6 Å². The minimum atomic E-state index is 0.245. The highest BCUT2D eigenvalue weighted by Crippen LogP contribution is 2.16. The maximum absolute atomic E-state index is 8.94. The summed E-state index contributed by atoms with van der Waals surface area (Å²) in [7, 11) is 0. The molecule has 2 heterocycles. The van der Waals surface area contributed by atoms with Crippen molar-refractivity contribution in [3.05, 3.63) is 18.2 Å². The fourth-order valence-electron chi connectivity index (χ4n) is 2.29. The summed E-state index contributed by atoms with van der Waals surface area (Å²) in [6.45, 7) is 8.07. The Labute approximate surface area is 115 Å². The van der Waals surface area contributed by atoms with Gasteiger partial charge in [0.05, 0.1) is 6.61 Å². The Balaban J connectivity index is 1.91. The molecule has 1 aromatic heterocycles. The number of pyridine rings is 1. The van der Waals surface area contributed by atoms with Crippen molar-refractivity contribution < 1.29 is 5.11 Å². The average molecular weight is 264 g/mol. The average Bonchev–Trinajstić information content (AvgIpc) is 2.46. The van der Waals surface area contributed by atoms with E-state index in [0.29, 0.717) is 0 Å². The Hall–Kier alpha value is -1.33. The van der Waals surface area contributed by atoms with Crippen molar-refractivity contribution in [3.8, 4) is 0 Å². The van der Waals surface area contributed by atoms with Gasteiger partial charge < -0.3 is 15.3 Å². The second-order valence-electron chi connectivity index (χ2n) is 4.86. The van der Waals surface area contributed by atoms with Crippen LogP contribution in [0, 0.1) is 0 Å². The fraction of sp³-hybridized carbons (Fsp3) is 0.643. The summed E-state index contributed by atoms with van der Waals surface area (Å²) in [5, 5.41) is 12.3. The number of β-amino-alcohol motifs (C(OH)–C–C–N with tert-alkyl or cyclic N) is 1. The third-order valence-corrected chi connectivity index (χ3v) is 3.40. The summed E-state index contributed by atoms with van der Waals surface area (Å²) in [5.41, 5.74) is 0. The van der Waals surface area contributed by atoms with E-state index in [1.54, 1.807) is 0 Å². The van der Waals surface area contributed by atoms with E-state index in [9.17, 15) is 0 Å². The van der Waals surface area contributed by atoms with Gasteiger partial charge in [0.15, 0.2) is 0 Å². The molecule has 0 spiro atoms. The summed E-state index contributed by atoms with van der Waals surface area (Å²) < 4.78 is 0. The van der Waals surface area contributed by atoms with Crippen LogP contribution >= 0.6 is 0 Å². The molecule has 1 aliphatic heterocycles. The van der Waals surface area contributed by atoms with E-state index in [0.717, 1.165) is 57.3 Å². The minimum Gasteiger partial charge on any atom is -0.395 e. The molecule has 1 fully saturated rings. The van der Waals surface area contributed by atoms with Gasteiger partial charge in [-0.1, -0.05) is 13.0 Å². The number of aromatic nitrogens is 1. The van der Waals surface area contributed by atoms with Crippen LogP contribution in [0.5, 0.6) is 0 Å². The second-order valence-corrected chi connectivity index (χ2v) is 4.86. The van der Waals surface area contributed by atoms with Crippen molar-refractivity contribution in [1.82, 2.24) is 9.88 Å². The number of hydrogen-bond donors (Lipinski definition) is 2. The molecule has 0 saturated carbocycles.